The van der Waals surface area contributed by atoms with E-state index < -0.39 is 4.92 Å². The van der Waals surface area contributed by atoms with Gasteiger partial charge in [0.25, 0.3) is 11.6 Å². The first-order chi connectivity index (χ1) is 9.90. The molecule has 1 fully saturated rings. The summed E-state index contributed by atoms with van der Waals surface area (Å²) < 4.78 is 4.96. The van der Waals surface area contributed by atoms with Crippen molar-refractivity contribution < 1.29 is 19.2 Å². The molecule has 1 aliphatic rings. The van der Waals surface area contributed by atoms with Crippen LogP contribution in [-0.4, -0.2) is 30.5 Å². The molecule has 1 aliphatic carbocycles. The van der Waals surface area contributed by atoms with Crippen LogP contribution in [0.25, 0.3) is 0 Å². The molecule has 0 unspecified atom stereocenters. The Balaban J connectivity index is 1.89. The Morgan fingerprint density at radius 1 is 1.38 bits per heavy atom. The van der Waals surface area contributed by atoms with Crippen molar-refractivity contribution in [3.8, 4) is 0 Å². The predicted octanol–water partition coefficient (Wildman–Crippen LogP) is 1.76. The Labute approximate surface area is 121 Å². The van der Waals surface area contributed by atoms with E-state index in [1.807, 2.05) is 6.92 Å². The van der Waals surface area contributed by atoms with Gasteiger partial charge in [0, 0.05) is 24.9 Å². The van der Waals surface area contributed by atoms with Crippen molar-refractivity contribution >= 4 is 23.3 Å². The molecule has 0 aromatic heterocycles. The van der Waals surface area contributed by atoms with Gasteiger partial charge in [-0.25, -0.2) is 0 Å². The highest BCUT2D eigenvalue weighted by Crippen LogP contribution is 2.38. The van der Waals surface area contributed by atoms with E-state index in [4.69, 9.17) is 4.74 Å². The second kappa shape index (κ2) is 5.90. The molecular weight excluding hydrogens is 276 g/mol. The number of non-ortho nitro benzene ring substituents is 1. The predicted molar refractivity (Wildman–Crippen MR) is 74.7 cm³/mol. The zero-order valence-corrected chi connectivity index (χ0v) is 11.8. The van der Waals surface area contributed by atoms with E-state index in [9.17, 15) is 19.7 Å². The van der Waals surface area contributed by atoms with Gasteiger partial charge in [-0.05, 0) is 24.5 Å². The van der Waals surface area contributed by atoms with E-state index in [0.29, 0.717) is 11.6 Å². The van der Waals surface area contributed by atoms with Crippen molar-refractivity contribution in [2.45, 2.75) is 13.3 Å². The number of carbonyl (C=O) groups excluding carboxylic acids is 2. The van der Waals surface area contributed by atoms with Gasteiger partial charge in [-0.2, -0.15) is 0 Å². The summed E-state index contributed by atoms with van der Waals surface area (Å²) in [5.74, 6) is -0.471. The number of carbonyl (C=O) groups is 2. The molecule has 1 aromatic carbocycles. The second-order valence-electron chi connectivity index (χ2n) is 5.15. The average Bonchev–Trinajstić information content (AvgIpc) is 3.20. The number of hydrogen-bond acceptors (Lipinski definition) is 5. The largest absolute Gasteiger partial charge is 0.455 e. The van der Waals surface area contributed by atoms with Crippen LogP contribution in [0.4, 0.5) is 11.4 Å². The highest BCUT2D eigenvalue weighted by Gasteiger charge is 2.40. The maximum Gasteiger partial charge on any atom is 0.309 e. The normalized spacial score (nSPS) is 19.7. The van der Waals surface area contributed by atoms with Crippen molar-refractivity contribution in [1.29, 1.82) is 0 Å². The molecule has 7 heteroatoms. The van der Waals surface area contributed by atoms with Crippen molar-refractivity contribution in [2.75, 3.05) is 18.6 Å². The Hall–Kier alpha value is -2.44. The van der Waals surface area contributed by atoms with Gasteiger partial charge in [0.2, 0.25) is 0 Å². The fourth-order valence-corrected chi connectivity index (χ4v) is 1.93. The highest BCUT2D eigenvalue weighted by atomic mass is 16.6. The molecule has 2 rings (SSSR count). The van der Waals surface area contributed by atoms with Crippen LogP contribution in [0.1, 0.15) is 13.3 Å². The van der Waals surface area contributed by atoms with Gasteiger partial charge >= 0.3 is 5.97 Å². The third kappa shape index (κ3) is 3.56. The summed E-state index contributed by atoms with van der Waals surface area (Å²) in [5, 5.41) is 10.6. The fraction of sp³-hybridized carbons (Fsp3) is 0.429. The lowest BCUT2D eigenvalue weighted by Gasteiger charge is -2.17. The van der Waals surface area contributed by atoms with Crippen LogP contribution in [0.15, 0.2) is 24.3 Å². The molecule has 0 radical (unpaired) electrons. The Bertz CT molecular complexity index is 569. The standard InChI is InChI=1S/C14H16N2O5/c1-9-7-12(9)14(18)21-8-13(17)15(2)10-3-5-11(6-4-10)16(19)20/h3-6,9,12H,7-8H2,1-2H3/t9-,12-/m0/s1. The third-order valence-corrected chi connectivity index (χ3v) is 3.57. The van der Waals surface area contributed by atoms with Crippen LogP contribution in [-0.2, 0) is 14.3 Å². The van der Waals surface area contributed by atoms with Crippen molar-refractivity contribution in [3.05, 3.63) is 34.4 Å². The number of hydrogen-bond donors (Lipinski definition) is 0. The molecule has 0 heterocycles. The summed E-state index contributed by atoms with van der Waals surface area (Å²) >= 11 is 0. The lowest BCUT2D eigenvalue weighted by Crippen LogP contribution is -2.31. The van der Waals surface area contributed by atoms with Gasteiger partial charge in [0.05, 0.1) is 10.8 Å². The first kappa shape index (κ1) is 15.0. The maximum absolute atomic E-state index is 11.9. The molecule has 1 amide bonds. The van der Waals surface area contributed by atoms with E-state index in [1.54, 1.807) is 0 Å². The maximum atomic E-state index is 11.9. The van der Waals surface area contributed by atoms with Crippen LogP contribution in [0.3, 0.4) is 0 Å². The van der Waals surface area contributed by atoms with Crippen molar-refractivity contribution in [3.63, 3.8) is 0 Å². The molecule has 0 N–H and O–H groups in total. The Kier molecular flexibility index (Phi) is 4.21. The number of benzene rings is 1. The second-order valence-corrected chi connectivity index (χ2v) is 5.15. The number of likely N-dealkylation sites (N-methyl/N-ethyl adjacent to an activating group) is 1. The minimum absolute atomic E-state index is 0.0475. The number of nitro groups is 1. The summed E-state index contributed by atoms with van der Waals surface area (Å²) in [4.78, 5) is 34.8. The topological polar surface area (TPSA) is 89.8 Å². The summed E-state index contributed by atoms with van der Waals surface area (Å²) in [7, 11) is 1.52. The van der Waals surface area contributed by atoms with Crippen LogP contribution < -0.4 is 4.90 Å². The van der Waals surface area contributed by atoms with Gasteiger partial charge < -0.3 is 9.64 Å². The first-order valence-electron chi connectivity index (χ1n) is 6.58. The number of amides is 1. The van der Waals surface area contributed by atoms with Gasteiger partial charge in [-0.15, -0.1) is 0 Å². The van der Waals surface area contributed by atoms with E-state index in [2.05, 4.69) is 0 Å². The zero-order valence-electron chi connectivity index (χ0n) is 11.8. The highest BCUT2D eigenvalue weighted by molar-refractivity contribution is 5.95. The quantitative estimate of drug-likeness (QED) is 0.468. The number of nitro benzene ring substituents is 1. The van der Waals surface area contributed by atoms with Crippen molar-refractivity contribution in [1.82, 2.24) is 0 Å². The smallest absolute Gasteiger partial charge is 0.309 e. The Morgan fingerprint density at radius 2 is 1.95 bits per heavy atom. The third-order valence-electron chi connectivity index (χ3n) is 3.57. The van der Waals surface area contributed by atoms with Crippen LogP contribution in [0, 0.1) is 22.0 Å². The number of rotatable bonds is 5. The zero-order chi connectivity index (χ0) is 15.6. The molecule has 112 valence electrons. The van der Waals surface area contributed by atoms with Crippen LogP contribution in [0.2, 0.25) is 0 Å². The minimum Gasteiger partial charge on any atom is -0.455 e. The molecule has 0 aliphatic heterocycles. The molecule has 7 nitrogen and oxygen atoms in total. The lowest BCUT2D eigenvalue weighted by atomic mass is 10.2. The fourth-order valence-electron chi connectivity index (χ4n) is 1.93. The average molecular weight is 292 g/mol. The molecule has 1 saturated carbocycles. The first-order valence-corrected chi connectivity index (χ1v) is 6.58. The lowest BCUT2D eigenvalue weighted by molar-refractivity contribution is -0.384. The van der Waals surface area contributed by atoms with Gasteiger partial charge in [-0.3, -0.25) is 19.7 Å². The molecule has 1 aromatic rings. The van der Waals surface area contributed by atoms with E-state index in [1.165, 1.54) is 36.2 Å². The summed E-state index contributed by atoms with van der Waals surface area (Å²) in [6, 6.07) is 5.58. The summed E-state index contributed by atoms with van der Waals surface area (Å²) in [6.45, 7) is 1.63. The molecular formula is C14H16N2O5. The van der Waals surface area contributed by atoms with Crippen LogP contribution >= 0.6 is 0 Å². The van der Waals surface area contributed by atoms with E-state index in [0.717, 1.165) is 6.42 Å². The van der Waals surface area contributed by atoms with Gasteiger partial charge in [0.1, 0.15) is 0 Å². The van der Waals surface area contributed by atoms with Crippen LogP contribution in [0.5, 0.6) is 0 Å². The summed E-state index contributed by atoms with van der Waals surface area (Å²) in [5.41, 5.74) is 0.454. The molecule has 21 heavy (non-hydrogen) atoms. The monoisotopic (exact) mass is 292 g/mol. The SMILES string of the molecule is C[C@H]1C[C@@H]1C(=O)OCC(=O)N(C)c1ccc([N+](=O)[O-])cc1. The molecule has 0 spiro atoms. The van der Waals surface area contributed by atoms with E-state index >= 15 is 0 Å². The number of nitrogens with zero attached hydrogens (tertiary/aromatic N) is 2. The minimum atomic E-state index is -0.510. The van der Waals surface area contributed by atoms with E-state index in [-0.39, 0.29) is 30.1 Å². The van der Waals surface area contributed by atoms with Crippen molar-refractivity contribution in [2.24, 2.45) is 11.8 Å². The molecule has 0 saturated heterocycles. The summed E-state index contributed by atoms with van der Waals surface area (Å²) in [6.07, 6.45) is 0.811. The van der Waals surface area contributed by atoms with Gasteiger partial charge in [0.15, 0.2) is 6.61 Å². The molecule has 2 atom stereocenters. The number of esters is 1. The number of anilines is 1. The van der Waals surface area contributed by atoms with Gasteiger partial charge in [-0.1, -0.05) is 6.92 Å². The Morgan fingerprint density at radius 3 is 2.43 bits per heavy atom. The molecule has 0 bridgehead atoms. The number of ether oxygens (including phenoxy) is 1.